The van der Waals surface area contributed by atoms with E-state index in [0.29, 0.717) is 22.0 Å². The van der Waals surface area contributed by atoms with Crippen LogP contribution in [0.1, 0.15) is 81.0 Å². The van der Waals surface area contributed by atoms with Crippen LogP contribution in [-0.4, -0.2) is 68.1 Å². The SMILES string of the molecule is COc1cc(N)c(Cl)cc1C(=O)NC1CCN(CCCCCCCCN2CCCCC2)CC1. The minimum atomic E-state index is -0.146. The summed E-state index contributed by atoms with van der Waals surface area (Å²) in [5.41, 5.74) is 6.67. The summed E-state index contributed by atoms with van der Waals surface area (Å²) < 4.78 is 5.31. The molecule has 186 valence electrons. The van der Waals surface area contributed by atoms with E-state index in [0.717, 1.165) is 25.9 Å². The number of amides is 1. The van der Waals surface area contributed by atoms with Gasteiger partial charge in [-0.1, -0.05) is 43.7 Å². The Morgan fingerprint density at radius 2 is 1.55 bits per heavy atom. The maximum atomic E-state index is 12.7. The lowest BCUT2D eigenvalue weighted by Gasteiger charge is -2.32. The molecule has 0 aromatic heterocycles. The summed E-state index contributed by atoms with van der Waals surface area (Å²) in [4.78, 5) is 17.9. The second-order valence-electron chi connectivity index (χ2n) is 9.69. The fourth-order valence-electron chi connectivity index (χ4n) is 5.04. The van der Waals surface area contributed by atoms with E-state index in [2.05, 4.69) is 15.1 Å². The molecule has 2 saturated heterocycles. The number of rotatable bonds is 12. The van der Waals surface area contributed by atoms with Gasteiger partial charge >= 0.3 is 0 Å². The van der Waals surface area contributed by atoms with Crippen LogP contribution in [0, 0.1) is 0 Å². The van der Waals surface area contributed by atoms with Crippen molar-refractivity contribution in [3.8, 4) is 5.75 Å². The number of carbonyl (C=O) groups excluding carboxylic acids is 1. The lowest BCUT2D eigenvalue weighted by molar-refractivity contribution is 0.0907. The van der Waals surface area contributed by atoms with Crippen LogP contribution in [0.4, 0.5) is 5.69 Å². The Hall–Kier alpha value is -1.50. The third-order valence-electron chi connectivity index (χ3n) is 7.13. The number of halogens is 1. The molecule has 1 aromatic rings. The maximum absolute atomic E-state index is 12.7. The summed E-state index contributed by atoms with van der Waals surface area (Å²) in [7, 11) is 1.54. The number of benzene rings is 1. The lowest BCUT2D eigenvalue weighted by atomic mass is 10.0. The number of nitrogens with one attached hydrogen (secondary N) is 1. The number of piperidine rings is 2. The van der Waals surface area contributed by atoms with E-state index in [9.17, 15) is 4.79 Å². The van der Waals surface area contributed by atoms with Crippen LogP contribution in [0.5, 0.6) is 5.75 Å². The van der Waals surface area contributed by atoms with Crippen LogP contribution in [0.15, 0.2) is 12.1 Å². The van der Waals surface area contributed by atoms with Crippen molar-refractivity contribution in [3.63, 3.8) is 0 Å². The Morgan fingerprint density at radius 1 is 0.970 bits per heavy atom. The summed E-state index contributed by atoms with van der Waals surface area (Å²) in [5.74, 6) is 0.311. The number of hydrogen-bond acceptors (Lipinski definition) is 5. The number of methoxy groups -OCH3 is 1. The second kappa shape index (κ2) is 14.0. The average Bonchev–Trinajstić information content (AvgIpc) is 2.83. The van der Waals surface area contributed by atoms with E-state index < -0.39 is 0 Å². The zero-order chi connectivity index (χ0) is 23.5. The number of unbranched alkanes of at least 4 members (excludes halogenated alkanes) is 5. The summed E-state index contributed by atoms with van der Waals surface area (Å²) in [6, 6.07) is 3.39. The molecule has 2 aliphatic rings. The van der Waals surface area contributed by atoms with Crippen molar-refractivity contribution in [2.45, 2.75) is 76.7 Å². The number of carbonyl (C=O) groups is 1. The predicted octanol–water partition coefficient (Wildman–Crippen LogP) is 4.95. The molecule has 0 atom stereocenters. The summed E-state index contributed by atoms with van der Waals surface area (Å²) in [5, 5.41) is 3.52. The van der Waals surface area contributed by atoms with Crippen LogP contribution >= 0.6 is 11.6 Å². The average molecular weight is 479 g/mol. The molecule has 7 heteroatoms. The predicted molar refractivity (Wildman–Crippen MR) is 137 cm³/mol. The van der Waals surface area contributed by atoms with Crippen molar-refractivity contribution in [2.75, 3.05) is 52.1 Å². The number of hydrogen-bond donors (Lipinski definition) is 2. The van der Waals surface area contributed by atoms with Gasteiger partial charge in [-0.3, -0.25) is 4.79 Å². The Morgan fingerprint density at radius 3 is 2.15 bits per heavy atom. The van der Waals surface area contributed by atoms with E-state index in [1.54, 1.807) is 12.1 Å². The number of anilines is 1. The van der Waals surface area contributed by atoms with Gasteiger partial charge in [0.15, 0.2) is 0 Å². The molecule has 0 unspecified atom stereocenters. The topological polar surface area (TPSA) is 70.8 Å². The summed E-state index contributed by atoms with van der Waals surface area (Å²) >= 11 is 6.11. The molecule has 2 heterocycles. The van der Waals surface area contributed by atoms with Crippen molar-refractivity contribution in [1.29, 1.82) is 0 Å². The first-order valence-corrected chi connectivity index (χ1v) is 13.3. The Kier molecular flexibility index (Phi) is 11.1. The van der Waals surface area contributed by atoms with Crippen molar-refractivity contribution >= 4 is 23.2 Å². The van der Waals surface area contributed by atoms with E-state index in [-0.39, 0.29) is 11.9 Å². The fraction of sp³-hybridized carbons (Fsp3) is 0.731. The van der Waals surface area contributed by atoms with E-state index in [4.69, 9.17) is 22.1 Å². The Labute approximate surface area is 205 Å². The molecule has 1 aromatic carbocycles. The van der Waals surface area contributed by atoms with Gasteiger partial charge in [0.1, 0.15) is 5.75 Å². The number of nitrogens with two attached hydrogens (primary N) is 1. The first-order chi connectivity index (χ1) is 16.1. The molecule has 6 nitrogen and oxygen atoms in total. The van der Waals surface area contributed by atoms with Crippen LogP contribution < -0.4 is 15.8 Å². The van der Waals surface area contributed by atoms with Gasteiger partial charge in [-0.25, -0.2) is 0 Å². The molecule has 0 bridgehead atoms. The fourth-order valence-corrected chi connectivity index (χ4v) is 5.20. The van der Waals surface area contributed by atoms with Crippen LogP contribution in [-0.2, 0) is 0 Å². The molecule has 3 N–H and O–H groups in total. The first-order valence-electron chi connectivity index (χ1n) is 13.0. The molecule has 2 aliphatic heterocycles. The van der Waals surface area contributed by atoms with Crippen molar-refractivity contribution in [3.05, 3.63) is 22.7 Å². The molecule has 1 amide bonds. The smallest absolute Gasteiger partial charge is 0.255 e. The van der Waals surface area contributed by atoms with Gasteiger partial charge in [0.05, 0.1) is 23.4 Å². The second-order valence-corrected chi connectivity index (χ2v) is 10.1. The van der Waals surface area contributed by atoms with Gasteiger partial charge in [0, 0.05) is 25.2 Å². The molecule has 33 heavy (non-hydrogen) atoms. The third kappa shape index (κ3) is 8.66. The van der Waals surface area contributed by atoms with Gasteiger partial charge < -0.3 is 25.6 Å². The molecule has 0 radical (unpaired) electrons. The number of ether oxygens (including phenoxy) is 1. The van der Waals surface area contributed by atoms with Gasteiger partial charge in [0.2, 0.25) is 0 Å². The molecule has 0 saturated carbocycles. The van der Waals surface area contributed by atoms with Crippen molar-refractivity contribution in [2.24, 2.45) is 0 Å². The zero-order valence-electron chi connectivity index (χ0n) is 20.4. The minimum Gasteiger partial charge on any atom is -0.496 e. The van der Waals surface area contributed by atoms with Crippen LogP contribution in [0.3, 0.4) is 0 Å². The maximum Gasteiger partial charge on any atom is 0.255 e. The zero-order valence-corrected chi connectivity index (χ0v) is 21.2. The third-order valence-corrected chi connectivity index (χ3v) is 7.46. The van der Waals surface area contributed by atoms with Gasteiger partial charge in [-0.15, -0.1) is 0 Å². The molecule has 0 aliphatic carbocycles. The number of nitrogen functional groups attached to an aromatic ring is 1. The highest BCUT2D eigenvalue weighted by Gasteiger charge is 2.23. The Bertz CT molecular complexity index is 731. The van der Waals surface area contributed by atoms with Gasteiger partial charge in [0.25, 0.3) is 5.91 Å². The van der Waals surface area contributed by atoms with E-state index >= 15 is 0 Å². The summed E-state index contributed by atoms with van der Waals surface area (Å²) in [6.07, 6.45) is 14.3. The lowest BCUT2D eigenvalue weighted by Crippen LogP contribution is -2.44. The van der Waals surface area contributed by atoms with Crippen molar-refractivity contribution < 1.29 is 9.53 Å². The standard InChI is InChI=1S/C26H43ClN4O2/c1-33-25-20-24(28)23(27)19-22(25)26(32)29-21-11-17-31(18-12-21)16-8-5-3-2-4-7-13-30-14-9-6-10-15-30/h19-21H,2-18,28H2,1H3,(H,29,32). The molecule has 0 spiro atoms. The highest BCUT2D eigenvalue weighted by molar-refractivity contribution is 6.33. The number of nitrogens with zero attached hydrogens (tertiary/aromatic N) is 2. The quantitative estimate of drug-likeness (QED) is 0.328. The molecular weight excluding hydrogens is 436 g/mol. The summed E-state index contributed by atoms with van der Waals surface area (Å²) in [6.45, 7) is 7.22. The largest absolute Gasteiger partial charge is 0.496 e. The minimum absolute atomic E-state index is 0.146. The monoisotopic (exact) mass is 478 g/mol. The van der Waals surface area contributed by atoms with Crippen molar-refractivity contribution in [1.82, 2.24) is 15.1 Å². The number of likely N-dealkylation sites (tertiary alicyclic amines) is 2. The Balaban J connectivity index is 1.24. The van der Waals surface area contributed by atoms with E-state index in [1.165, 1.54) is 91.1 Å². The first kappa shape index (κ1) is 26.1. The van der Waals surface area contributed by atoms with Crippen LogP contribution in [0.2, 0.25) is 5.02 Å². The highest BCUT2D eigenvalue weighted by Crippen LogP contribution is 2.29. The highest BCUT2D eigenvalue weighted by atomic mass is 35.5. The van der Waals surface area contributed by atoms with Gasteiger partial charge in [-0.05, 0) is 70.8 Å². The van der Waals surface area contributed by atoms with Gasteiger partial charge in [-0.2, -0.15) is 0 Å². The normalized spacial score (nSPS) is 18.4. The molecular formula is C26H43ClN4O2. The molecule has 3 rings (SSSR count). The van der Waals surface area contributed by atoms with E-state index in [1.807, 2.05) is 0 Å². The van der Waals surface area contributed by atoms with Crippen LogP contribution in [0.25, 0.3) is 0 Å². The molecule has 2 fully saturated rings.